The lowest BCUT2D eigenvalue weighted by molar-refractivity contribution is -0.142. The van der Waals surface area contributed by atoms with Crippen LogP contribution in [0.25, 0.3) is 0 Å². The Morgan fingerprint density at radius 2 is 2.11 bits per heavy atom. The lowest BCUT2D eigenvalue weighted by Crippen LogP contribution is -2.43. The largest absolute Gasteiger partial charge is 0.480 e. The summed E-state index contributed by atoms with van der Waals surface area (Å²) in [6.45, 7) is -0.196. The molecule has 1 rings (SSSR count). The molecule has 0 saturated carbocycles. The number of carboxylic acids is 1. The number of rotatable bonds is 6. The van der Waals surface area contributed by atoms with E-state index in [0.717, 1.165) is 0 Å². The van der Waals surface area contributed by atoms with E-state index in [9.17, 15) is 9.59 Å². The zero-order valence-corrected chi connectivity index (χ0v) is 11.7. The molecule has 1 amide bonds. The van der Waals surface area contributed by atoms with Crippen LogP contribution in [0.1, 0.15) is 5.56 Å². The molecule has 0 aromatic heterocycles. The zero-order chi connectivity index (χ0) is 14.4. The Hall–Kier alpha value is -1.30. The summed E-state index contributed by atoms with van der Waals surface area (Å²) in [5, 5.41) is 12.2. The Bertz CT molecular complexity index is 479. The van der Waals surface area contributed by atoms with Crippen LogP contribution in [-0.2, 0) is 20.7 Å². The van der Waals surface area contributed by atoms with E-state index in [0.29, 0.717) is 15.6 Å². The van der Waals surface area contributed by atoms with Crippen molar-refractivity contribution >= 4 is 35.1 Å². The van der Waals surface area contributed by atoms with E-state index in [1.807, 2.05) is 0 Å². The van der Waals surface area contributed by atoms with Crippen LogP contribution >= 0.6 is 23.2 Å². The van der Waals surface area contributed by atoms with Gasteiger partial charge in [-0.25, -0.2) is 4.79 Å². The molecule has 19 heavy (non-hydrogen) atoms. The van der Waals surface area contributed by atoms with Crippen molar-refractivity contribution in [3.63, 3.8) is 0 Å². The van der Waals surface area contributed by atoms with E-state index in [2.05, 4.69) is 10.1 Å². The predicted molar refractivity (Wildman–Crippen MR) is 71.6 cm³/mol. The van der Waals surface area contributed by atoms with Crippen LogP contribution in [-0.4, -0.2) is 36.7 Å². The summed E-state index contributed by atoms with van der Waals surface area (Å²) >= 11 is 11.7. The van der Waals surface area contributed by atoms with Gasteiger partial charge in [0.2, 0.25) is 5.91 Å². The second kappa shape index (κ2) is 7.33. The lowest BCUT2D eigenvalue weighted by atomic mass is 10.1. The first kappa shape index (κ1) is 15.8. The van der Waals surface area contributed by atoms with E-state index in [-0.39, 0.29) is 13.0 Å². The van der Waals surface area contributed by atoms with Gasteiger partial charge in [0.15, 0.2) is 0 Å². The minimum atomic E-state index is -1.14. The van der Waals surface area contributed by atoms with Gasteiger partial charge in [-0.15, -0.1) is 0 Å². The SMILES string of the molecule is COCC(=O)N[C@H](Cc1ccc(Cl)cc1Cl)C(=O)O. The highest BCUT2D eigenvalue weighted by atomic mass is 35.5. The van der Waals surface area contributed by atoms with E-state index in [4.69, 9.17) is 28.3 Å². The molecule has 0 saturated heterocycles. The first-order valence-electron chi connectivity index (χ1n) is 5.39. The van der Waals surface area contributed by atoms with Crippen molar-refractivity contribution in [1.29, 1.82) is 0 Å². The van der Waals surface area contributed by atoms with Crippen molar-refractivity contribution in [2.24, 2.45) is 0 Å². The molecule has 0 unspecified atom stereocenters. The molecule has 0 radical (unpaired) electrons. The van der Waals surface area contributed by atoms with Gasteiger partial charge in [0.25, 0.3) is 0 Å². The second-order valence-corrected chi connectivity index (χ2v) is 4.67. The summed E-state index contributed by atoms with van der Waals surface area (Å²) in [5.74, 6) is -1.64. The number of hydrogen-bond donors (Lipinski definition) is 2. The summed E-state index contributed by atoms with van der Waals surface area (Å²) in [4.78, 5) is 22.4. The van der Waals surface area contributed by atoms with Gasteiger partial charge < -0.3 is 15.2 Å². The van der Waals surface area contributed by atoms with E-state index < -0.39 is 17.9 Å². The predicted octanol–water partition coefficient (Wildman–Crippen LogP) is 1.75. The molecule has 0 heterocycles. The molecule has 0 spiro atoms. The highest BCUT2D eigenvalue weighted by Crippen LogP contribution is 2.22. The summed E-state index contributed by atoms with van der Waals surface area (Å²) in [6.07, 6.45) is 0.0702. The number of amides is 1. The first-order valence-corrected chi connectivity index (χ1v) is 6.14. The Morgan fingerprint density at radius 1 is 1.42 bits per heavy atom. The van der Waals surface area contributed by atoms with Crippen LogP contribution in [0.4, 0.5) is 0 Å². The fraction of sp³-hybridized carbons (Fsp3) is 0.333. The molecular formula is C12H13Cl2NO4. The monoisotopic (exact) mass is 305 g/mol. The number of carbonyl (C=O) groups excluding carboxylic acids is 1. The maximum atomic E-state index is 11.3. The van der Waals surface area contributed by atoms with Gasteiger partial charge in [0.05, 0.1) is 0 Å². The molecule has 0 aliphatic heterocycles. The zero-order valence-electron chi connectivity index (χ0n) is 10.2. The third-order valence-corrected chi connectivity index (χ3v) is 2.93. The van der Waals surface area contributed by atoms with Crippen molar-refractivity contribution in [1.82, 2.24) is 5.32 Å². The van der Waals surface area contributed by atoms with Gasteiger partial charge in [0, 0.05) is 23.6 Å². The lowest BCUT2D eigenvalue weighted by Gasteiger charge is -2.15. The molecule has 1 atom stereocenters. The summed E-state index contributed by atoms with van der Waals surface area (Å²) in [7, 11) is 1.35. The average Bonchev–Trinajstić information content (AvgIpc) is 2.31. The van der Waals surface area contributed by atoms with Crippen LogP contribution in [0.15, 0.2) is 18.2 Å². The molecule has 0 bridgehead atoms. The van der Waals surface area contributed by atoms with Crippen LogP contribution in [0, 0.1) is 0 Å². The standard InChI is InChI=1S/C12H13Cl2NO4/c1-19-6-11(16)15-10(12(17)18)4-7-2-3-8(13)5-9(7)14/h2-3,5,10H,4,6H2,1H3,(H,15,16)(H,17,18)/t10-/m1/s1. The maximum absolute atomic E-state index is 11.3. The van der Waals surface area contributed by atoms with Crippen molar-refractivity contribution < 1.29 is 19.4 Å². The number of carbonyl (C=O) groups is 2. The first-order chi connectivity index (χ1) is 8.93. The van der Waals surface area contributed by atoms with Crippen molar-refractivity contribution in [3.8, 4) is 0 Å². The fourth-order valence-electron chi connectivity index (χ4n) is 1.47. The van der Waals surface area contributed by atoms with Crippen molar-refractivity contribution in [2.45, 2.75) is 12.5 Å². The number of aliphatic carboxylic acids is 1. The number of halogens is 2. The van der Waals surface area contributed by atoms with Gasteiger partial charge >= 0.3 is 5.97 Å². The average molecular weight is 306 g/mol. The minimum Gasteiger partial charge on any atom is -0.480 e. The number of ether oxygens (including phenoxy) is 1. The highest BCUT2D eigenvalue weighted by molar-refractivity contribution is 6.35. The number of benzene rings is 1. The fourth-order valence-corrected chi connectivity index (χ4v) is 1.96. The molecule has 1 aromatic carbocycles. The summed E-state index contributed by atoms with van der Waals surface area (Å²) in [5.41, 5.74) is 0.594. The Morgan fingerprint density at radius 3 is 2.63 bits per heavy atom. The topological polar surface area (TPSA) is 75.6 Å². The molecular weight excluding hydrogens is 293 g/mol. The third kappa shape index (κ3) is 5.06. The molecule has 0 aliphatic rings. The number of methoxy groups -OCH3 is 1. The number of hydrogen-bond acceptors (Lipinski definition) is 3. The molecule has 5 nitrogen and oxygen atoms in total. The van der Waals surface area contributed by atoms with Crippen LogP contribution in [0.5, 0.6) is 0 Å². The number of carboxylic acid groups (broad SMARTS) is 1. The molecule has 0 fully saturated rings. The Labute approximate surface area is 120 Å². The van der Waals surface area contributed by atoms with E-state index >= 15 is 0 Å². The van der Waals surface area contributed by atoms with E-state index in [1.165, 1.54) is 13.2 Å². The van der Waals surface area contributed by atoms with Gasteiger partial charge in [-0.1, -0.05) is 29.3 Å². The second-order valence-electron chi connectivity index (χ2n) is 3.83. The molecule has 0 aliphatic carbocycles. The van der Waals surface area contributed by atoms with Gasteiger partial charge in [-0.2, -0.15) is 0 Å². The van der Waals surface area contributed by atoms with Gasteiger partial charge in [0.1, 0.15) is 12.6 Å². The quantitative estimate of drug-likeness (QED) is 0.839. The van der Waals surface area contributed by atoms with E-state index in [1.54, 1.807) is 12.1 Å². The van der Waals surface area contributed by atoms with Gasteiger partial charge in [-0.3, -0.25) is 4.79 Å². The van der Waals surface area contributed by atoms with Crippen LogP contribution in [0.2, 0.25) is 10.0 Å². The summed E-state index contributed by atoms with van der Waals surface area (Å²) in [6, 6.07) is 3.69. The Balaban J connectivity index is 2.78. The highest BCUT2D eigenvalue weighted by Gasteiger charge is 2.21. The third-order valence-electron chi connectivity index (χ3n) is 2.35. The smallest absolute Gasteiger partial charge is 0.326 e. The van der Waals surface area contributed by atoms with Crippen LogP contribution in [0.3, 0.4) is 0 Å². The minimum absolute atomic E-state index is 0.0702. The normalized spacial score (nSPS) is 11.9. The molecule has 1 aromatic rings. The molecule has 104 valence electrons. The maximum Gasteiger partial charge on any atom is 0.326 e. The Kier molecular flexibility index (Phi) is 6.08. The van der Waals surface area contributed by atoms with Crippen LogP contribution < -0.4 is 5.32 Å². The number of nitrogens with one attached hydrogen (secondary N) is 1. The summed E-state index contributed by atoms with van der Waals surface area (Å²) < 4.78 is 4.63. The van der Waals surface area contributed by atoms with Crippen molar-refractivity contribution in [2.75, 3.05) is 13.7 Å². The molecule has 2 N–H and O–H groups in total. The van der Waals surface area contributed by atoms with Gasteiger partial charge in [-0.05, 0) is 17.7 Å². The molecule has 7 heteroatoms. The van der Waals surface area contributed by atoms with Crippen molar-refractivity contribution in [3.05, 3.63) is 33.8 Å².